The van der Waals surface area contributed by atoms with Crippen molar-refractivity contribution in [3.63, 3.8) is 0 Å². The van der Waals surface area contributed by atoms with Gasteiger partial charge < -0.3 is 4.90 Å². The van der Waals surface area contributed by atoms with Crippen molar-refractivity contribution in [3.8, 4) is 0 Å². The third-order valence-corrected chi connectivity index (χ3v) is 4.68. The molecule has 0 unspecified atom stereocenters. The molecule has 0 atom stereocenters. The number of halogens is 1. The topological polar surface area (TPSA) is 3.24 Å². The van der Waals surface area contributed by atoms with Crippen molar-refractivity contribution in [1.82, 2.24) is 4.90 Å². The quantitative estimate of drug-likeness (QED) is 0.349. The van der Waals surface area contributed by atoms with E-state index in [1.54, 1.807) is 0 Å². The highest BCUT2D eigenvalue weighted by Gasteiger charge is 1.98. The van der Waals surface area contributed by atoms with E-state index in [2.05, 4.69) is 49.1 Å². The Morgan fingerprint density at radius 2 is 1.13 bits per heavy atom. The van der Waals surface area contributed by atoms with Gasteiger partial charge in [-0.3, -0.25) is 0 Å². The molecule has 0 saturated carbocycles. The molecule has 1 aromatic carbocycles. The van der Waals surface area contributed by atoms with Gasteiger partial charge in [-0.05, 0) is 44.5 Å². The number of aryl methyl sites for hydroxylation is 1. The lowest BCUT2D eigenvalue weighted by Gasteiger charge is -2.17. The summed E-state index contributed by atoms with van der Waals surface area (Å²) >= 11 is 0. The molecule has 0 radical (unpaired) electrons. The van der Waals surface area contributed by atoms with Crippen LogP contribution < -0.4 is 0 Å². The molecule has 0 saturated heterocycles. The van der Waals surface area contributed by atoms with Gasteiger partial charge in [0, 0.05) is 0 Å². The Balaban J connectivity index is 0.00000484. The fourth-order valence-corrected chi connectivity index (χ4v) is 3.09. The summed E-state index contributed by atoms with van der Waals surface area (Å²) in [6.45, 7) is 8.24. The molecule has 1 nitrogen and oxygen atoms in total. The van der Waals surface area contributed by atoms with Gasteiger partial charge in [0.05, 0.1) is 0 Å². The summed E-state index contributed by atoms with van der Waals surface area (Å²) in [4.78, 5) is 2.53. The molecule has 2 heteroatoms. The first-order valence-corrected chi connectivity index (χ1v) is 9.63. The van der Waals surface area contributed by atoms with Crippen LogP contribution in [0.4, 0.5) is 0 Å². The van der Waals surface area contributed by atoms with E-state index in [1.807, 2.05) is 0 Å². The van der Waals surface area contributed by atoms with E-state index in [0.29, 0.717) is 0 Å². The van der Waals surface area contributed by atoms with E-state index in [4.69, 9.17) is 0 Å². The van der Waals surface area contributed by atoms with Crippen LogP contribution in [-0.2, 0) is 6.42 Å². The monoisotopic (exact) mass is 339 g/mol. The van der Waals surface area contributed by atoms with Crippen molar-refractivity contribution in [2.75, 3.05) is 19.6 Å². The lowest BCUT2D eigenvalue weighted by atomic mass is 10.0. The van der Waals surface area contributed by atoms with Crippen LogP contribution in [0.2, 0.25) is 0 Å². The van der Waals surface area contributed by atoms with Crippen molar-refractivity contribution < 1.29 is 0 Å². The fraction of sp³-hybridized carbons (Fsp3) is 0.714. The third-order valence-electron chi connectivity index (χ3n) is 4.68. The van der Waals surface area contributed by atoms with E-state index in [-0.39, 0.29) is 12.4 Å². The van der Waals surface area contributed by atoms with Gasteiger partial charge in [0.2, 0.25) is 0 Å². The van der Waals surface area contributed by atoms with E-state index in [0.717, 1.165) is 0 Å². The van der Waals surface area contributed by atoms with E-state index in [1.165, 1.54) is 89.4 Å². The number of hydrogen-bond donors (Lipinski definition) is 0. The van der Waals surface area contributed by atoms with Crippen molar-refractivity contribution in [1.29, 1.82) is 0 Å². The third kappa shape index (κ3) is 12.5. The van der Waals surface area contributed by atoms with Crippen LogP contribution in [0.3, 0.4) is 0 Å². The minimum atomic E-state index is 0. The Bertz CT molecular complexity index is 335. The number of nitrogens with zero attached hydrogens (tertiary/aromatic N) is 1. The predicted molar refractivity (Wildman–Crippen MR) is 107 cm³/mol. The molecule has 1 aromatic rings. The highest BCUT2D eigenvalue weighted by molar-refractivity contribution is 5.85. The first-order chi connectivity index (χ1) is 10.9. The summed E-state index contributed by atoms with van der Waals surface area (Å²) in [5, 5.41) is 0. The average Bonchev–Trinajstić information content (AvgIpc) is 2.57. The van der Waals surface area contributed by atoms with Crippen LogP contribution in [0.15, 0.2) is 30.3 Å². The van der Waals surface area contributed by atoms with E-state index >= 15 is 0 Å². The molecule has 0 aliphatic rings. The number of rotatable bonds is 14. The van der Waals surface area contributed by atoms with Crippen molar-refractivity contribution in [3.05, 3.63) is 35.9 Å². The maximum absolute atomic E-state index is 2.53. The van der Waals surface area contributed by atoms with E-state index in [9.17, 15) is 0 Å². The molecule has 0 fully saturated rings. The number of unbranched alkanes of at least 4 members (excludes halogenated alkanes) is 8. The summed E-state index contributed by atoms with van der Waals surface area (Å²) < 4.78 is 0. The summed E-state index contributed by atoms with van der Waals surface area (Å²) in [6, 6.07) is 10.9. The molecule has 0 aromatic heterocycles. The molecule has 134 valence electrons. The summed E-state index contributed by atoms with van der Waals surface area (Å²) in [7, 11) is 0. The molecule has 0 aliphatic carbocycles. The van der Waals surface area contributed by atoms with Crippen LogP contribution in [0.1, 0.15) is 77.2 Å². The molecule has 0 N–H and O–H groups in total. The smallest absolute Gasteiger partial charge is 0.00190 e. The molecule has 0 aliphatic heterocycles. The average molecular weight is 340 g/mol. The first-order valence-electron chi connectivity index (χ1n) is 9.63. The predicted octanol–water partition coefficient (Wildman–Crippen LogP) is 6.50. The zero-order valence-corrected chi connectivity index (χ0v) is 16.3. The van der Waals surface area contributed by atoms with Crippen LogP contribution in [-0.4, -0.2) is 24.5 Å². The molecule has 0 amide bonds. The van der Waals surface area contributed by atoms with Gasteiger partial charge in [-0.1, -0.05) is 89.1 Å². The van der Waals surface area contributed by atoms with Gasteiger partial charge in [-0.25, -0.2) is 0 Å². The van der Waals surface area contributed by atoms with Gasteiger partial charge in [0.1, 0.15) is 0 Å². The fourth-order valence-electron chi connectivity index (χ4n) is 3.09. The van der Waals surface area contributed by atoms with Crippen LogP contribution in [0.25, 0.3) is 0 Å². The Hall–Kier alpha value is -0.530. The second-order valence-corrected chi connectivity index (χ2v) is 6.44. The summed E-state index contributed by atoms with van der Waals surface area (Å²) in [5.74, 6) is 0. The normalized spacial score (nSPS) is 10.7. The second-order valence-electron chi connectivity index (χ2n) is 6.44. The van der Waals surface area contributed by atoms with Crippen molar-refractivity contribution in [2.45, 2.75) is 78.1 Å². The number of benzene rings is 1. The molecular formula is C21H38ClN. The maximum Gasteiger partial charge on any atom is -0.00190 e. The maximum atomic E-state index is 2.53. The zero-order chi connectivity index (χ0) is 15.9. The SMILES string of the molecule is CCN(CC)CCCCCCCCCCCc1ccccc1.Cl. The summed E-state index contributed by atoms with van der Waals surface area (Å²) in [6.07, 6.45) is 14.0. The standard InChI is InChI=1S/C21H37N.ClH/c1-3-22(4-2)20-16-11-9-7-5-6-8-10-13-17-21-18-14-12-15-19-21;/h12,14-15,18-19H,3-11,13,16-17,20H2,1-2H3;1H. The second kappa shape index (κ2) is 16.3. The Kier molecular flexibility index (Phi) is 16.0. The van der Waals surface area contributed by atoms with E-state index < -0.39 is 0 Å². The minimum Gasteiger partial charge on any atom is -0.304 e. The van der Waals surface area contributed by atoms with Gasteiger partial charge in [0.25, 0.3) is 0 Å². The summed E-state index contributed by atoms with van der Waals surface area (Å²) in [5.41, 5.74) is 1.50. The minimum absolute atomic E-state index is 0. The van der Waals surface area contributed by atoms with Crippen molar-refractivity contribution in [2.24, 2.45) is 0 Å². The molecule has 0 bridgehead atoms. The van der Waals surface area contributed by atoms with Crippen LogP contribution in [0.5, 0.6) is 0 Å². The lowest BCUT2D eigenvalue weighted by Crippen LogP contribution is -2.23. The lowest BCUT2D eigenvalue weighted by molar-refractivity contribution is 0.295. The Labute approximate surface area is 151 Å². The van der Waals surface area contributed by atoms with Crippen LogP contribution >= 0.6 is 12.4 Å². The van der Waals surface area contributed by atoms with Crippen molar-refractivity contribution >= 4 is 12.4 Å². The van der Waals surface area contributed by atoms with Gasteiger partial charge in [-0.15, -0.1) is 12.4 Å². The highest BCUT2D eigenvalue weighted by atomic mass is 35.5. The largest absolute Gasteiger partial charge is 0.304 e. The molecule has 23 heavy (non-hydrogen) atoms. The zero-order valence-electron chi connectivity index (χ0n) is 15.4. The van der Waals surface area contributed by atoms with Gasteiger partial charge in [0.15, 0.2) is 0 Å². The first kappa shape index (κ1) is 22.5. The molecular weight excluding hydrogens is 302 g/mol. The molecule has 1 rings (SSSR count). The number of hydrogen-bond acceptors (Lipinski definition) is 1. The van der Waals surface area contributed by atoms with Gasteiger partial charge in [-0.2, -0.15) is 0 Å². The van der Waals surface area contributed by atoms with Crippen LogP contribution in [0, 0.1) is 0 Å². The highest BCUT2D eigenvalue weighted by Crippen LogP contribution is 2.12. The Morgan fingerprint density at radius 1 is 0.652 bits per heavy atom. The molecule has 0 spiro atoms. The molecule has 0 heterocycles. The van der Waals surface area contributed by atoms with Gasteiger partial charge >= 0.3 is 0 Å². The Morgan fingerprint density at radius 3 is 1.65 bits per heavy atom.